The number of carboxylic acids is 2. The van der Waals surface area contributed by atoms with Gasteiger partial charge >= 0.3 is 11.9 Å². The van der Waals surface area contributed by atoms with Crippen LogP contribution < -0.4 is 4.74 Å². The highest BCUT2D eigenvalue weighted by atomic mass is 16.5. The lowest BCUT2D eigenvalue weighted by Crippen LogP contribution is -2.33. The van der Waals surface area contributed by atoms with Gasteiger partial charge in [-0.15, -0.1) is 0 Å². The first-order valence-corrected chi connectivity index (χ1v) is 9.18. The summed E-state index contributed by atoms with van der Waals surface area (Å²) in [5.41, 5.74) is 2.51. The Kier molecular flexibility index (Phi) is 9.73. The van der Waals surface area contributed by atoms with Crippen molar-refractivity contribution >= 4 is 11.9 Å². The summed E-state index contributed by atoms with van der Waals surface area (Å²) >= 11 is 0. The van der Waals surface area contributed by atoms with Crippen LogP contribution in [0.3, 0.4) is 0 Å². The van der Waals surface area contributed by atoms with Crippen LogP contribution in [0.25, 0.3) is 0 Å². The minimum Gasteiger partial charge on any atom is -0.493 e. The van der Waals surface area contributed by atoms with Crippen LogP contribution in [0.5, 0.6) is 5.75 Å². The number of aliphatic carboxylic acids is 2. The zero-order valence-corrected chi connectivity index (χ0v) is 16.0. The molecule has 1 fully saturated rings. The minimum atomic E-state index is -1.82. The Morgan fingerprint density at radius 1 is 1.12 bits per heavy atom. The fourth-order valence-electron chi connectivity index (χ4n) is 2.77. The van der Waals surface area contributed by atoms with Gasteiger partial charge in [0.15, 0.2) is 0 Å². The predicted molar refractivity (Wildman–Crippen MR) is 101 cm³/mol. The monoisotopic (exact) mass is 365 g/mol. The molecule has 0 spiro atoms. The highest BCUT2D eigenvalue weighted by molar-refractivity contribution is 6.27. The van der Waals surface area contributed by atoms with Gasteiger partial charge in [0, 0.05) is 0 Å². The molecule has 1 aliphatic heterocycles. The number of likely N-dealkylation sites (tertiary alicyclic amines) is 1. The second kappa shape index (κ2) is 11.5. The molecule has 0 aliphatic carbocycles. The van der Waals surface area contributed by atoms with E-state index in [1.54, 1.807) is 0 Å². The zero-order chi connectivity index (χ0) is 19.5. The summed E-state index contributed by atoms with van der Waals surface area (Å²) in [5, 5.41) is 14.8. The van der Waals surface area contributed by atoms with Crippen LogP contribution in [0.15, 0.2) is 18.2 Å². The first-order valence-electron chi connectivity index (χ1n) is 9.18. The fourth-order valence-corrected chi connectivity index (χ4v) is 2.77. The van der Waals surface area contributed by atoms with Gasteiger partial charge in [-0.05, 0) is 82.3 Å². The SMILES string of the molecule is Cc1ccc(C)c(OCCCCN2CCC(C)CC2)c1.O=C(O)C(=O)O. The van der Waals surface area contributed by atoms with Gasteiger partial charge in [-0.2, -0.15) is 0 Å². The maximum Gasteiger partial charge on any atom is 0.414 e. The fraction of sp³-hybridized carbons (Fsp3) is 0.600. The number of carboxylic acid groups (broad SMARTS) is 2. The number of unbranched alkanes of at least 4 members (excludes halogenated alkanes) is 1. The van der Waals surface area contributed by atoms with Crippen molar-refractivity contribution in [2.75, 3.05) is 26.2 Å². The molecule has 0 saturated carbocycles. The van der Waals surface area contributed by atoms with E-state index in [9.17, 15) is 0 Å². The maximum atomic E-state index is 9.10. The molecule has 0 amide bonds. The van der Waals surface area contributed by atoms with Crippen LogP contribution in [0, 0.1) is 19.8 Å². The van der Waals surface area contributed by atoms with Crippen molar-refractivity contribution in [2.24, 2.45) is 5.92 Å². The van der Waals surface area contributed by atoms with Crippen molar-refractivity contribution in [2.45, 2.75) is 46.5 Å². The molecular formula is C20H31NO5. The van der Waals surface area contributed by atoms with Crippen molar-refractivity contribution in [1.82, 2.24) is 4.90 Å². The molecule has 26 heavy (non-hydrogen) atoms. The van der Waals surface area contributed by atoms with Crippen LogP contribution >= 0.6 is 0 Å². The molecule has 2 N–H and O–H groups in total. The molecule has 1 saturated heterocycles. The van der Waals surface area contributed by atoms with Crippen LogP contribution in [0.4, 0.5) is 0 Å². The normalized spacial score (nSPS) is 15.0. The molecule has 6 heteroatoms. The molecule has 1 aromatic rings. The van der Waals surface area contributed by atoms with E-state index < -0.39 is 11.9 Å². The molecule has 1 aromatic carbocycles. The lowest BCUT2D eigenvalue weighted by Gasteiger charge is -2.30. The molecule has 146 valence electrons. The number of hydrogen-bond donors (Lipinski definition) is 2. The highest BCUT2D eigenvalue weighted by Crippen LogP contribution is 2.19. The van der Waals surface area contributed by atoms with Crippen molar-refractivity contribution in [3.8, 4) is 5.75 Å². The average molecular weight is 365 g/mol. The number of benzene rings is 1. The quantitative estimate of drug-likeness (QED) is 0.594. The summed E-state index contributed by atoms with van der Waals surface area (Å²) in [6.07, 6.45) is 5.15. The number of nitrogens with zero attached hydrogens (tertiary/aromatic N) is 1. The van der Waals surface area contributed by atoms with Crippen LogP contribution in [0.2, 0.25) is 0 Å². The van der Waals surface area contributed by atoms with Crippen molar-refractivity contribution in [1.29, 1.82) is 0 Å². The van der Waals surface area contributed by atoms with Gasteiger partial charge in [-0.25, -0.2) is 9.59 Å². The van der Waals surface area contributed by atoms with E-state index in [0.717, 1.165) is 24.7 Å². The van der Waals surface area contributed by atoms with Crippen molar-refractivity contribution in [3.05, 3.63) is 29.3 Å². The third kappa shape index (κ3) is 8.85. The van der Waals surface area contributed by atoms with Gasteiger partial charge < -0.3 is 19.8 Å². The number of piperidine rings is 1. The Labute approximate surface area is 155 Å². The molecule has 0 radical (unpaired) electrons. The van der Waals surface area contributed by atoms with E-state index in [-0.39, 0.29) is 0 Å². The molecule has 6 nitrogen and oxygen atoms in total. The molecule has 0 unspecified atom stereocenters. The molecule has 0 bridgehead atoms. The summed E-state index contributed by atoms with van der Waals surface area (Å²) in [5.74, 6) is -1.67. The van der Waals surface area contributed by atoms with Gasteiger partial charge in [0.25, 0.3) is 0 Å². The van der Waals surface area contributed by atoms with E-state index in [1.165, 1.54) is 50.0 Å². The number of ether oxygens (including phenoxy) is 1. The van der Waals surface area contributed by atoms with Crippen molar-refractivity contribution < 1.29 is 24.5 Å². The topological polar surface area (TPSA) is 87.1 Å². The third-order valence-electron chi connectivity index (χ3n) is 4.53. The van der Waals surface area contributed by atoms with Gasteiger partial charge in [-0.3, -0.25) is 0 Å². The van der Waals surface area contributed by atoms with Gasteiger partial charge in [-0.1, -0.05) is 19.1 Å². The molecule has 0 atom stereocenters. The summed E-state index contributed by atoms with van der Waals surface area (Å²) in [4.78, 5) is 20.8. The Balaban J connectivity index is 0.000000487. The Morgan fingerprint density at radius 2 is 1.73 bits per heavy atom. The standard InChI is InChI=1S/C18H29NO.C2H2O4/c1-15-8-11-19(12-9-15)10-4-5-13-20-18-14-16(2)6-7-17(18)3;3-1(4)2(5)6/h6-7,14-15H,4-5,8-13H2,1-3H3;(H,3,4)(H,5,6). The minimum absolute atomic E-state index is 0.842. The number of rotatable bonds is 6. The van der Waals surface area contributed by atoms with E-state index in [0.29, 0.717) is 0 Å². The van der Waals surface area contributed by atoms with Gasteiger partial charge in [0.1, 0.15) is 5.75 Å². The summed E-state index contributed by atoms with van der Waals surface area (Å²) in [6, 6.07) is 6.42. The van der Waals surface area contributed by atoms with Crippen LogP contribution in [0.1, 0.15) is 43.7 Å². The molecular weight excluding hydrogens is 334 g/mol. The smallest absolute Gasteiger partial charge is 0.414 e. The van der Waals surface area contributed by atoms with Crippen LogP contribution in [-0.4, -0.2) is 53.3 Å². The van der Waals surface area contributed by atoms with Crippen LogP contribution in [-0.2, 0) is 9.59 Å². The second-order valence-corrected chi connectivity index (χ2v) is 6.96. The van der Waals surface area contributed by atoms with E-state index in [1.807, 2.05) is 0 Å². The lowest BCUT2D eigenvalue weighted by molar-refractivity contribution is -0.159. The van der Waals surface area contributed by atoms with Gasteiger partial charge in [0.2, 0.25) is 0 Å². The molecule has 1 heterocycles. The zero-order valence-electron chi connectivity index (χ0n) is 16.0. The number of carbonyl (C=O) groups is 2. The number of hydrogen-bond acceptors (Lipinski definition) is 4. The average Bonchev–Trinajstić information content (AvgIpc) is 2.59. The first kappa shape index (κ1) is 22.0. The third-order valence-corrected chi connectivity index (χ3v) is 4.53. The predicted octanol–water partition coefficient (Wildman–Crippen LogP) is 3.35. The largest absolute Gasteiger partial charge is 0.493 e. The molecule has 1 aliphatic rings. The second-order valence-electron chi connectivity index (χ2n) is 6.96. The first-order chi connectivity index (χ1) is 12.3. The van der Waals surface area contributed by atoms with E-state index in [4.69, 9.17) is 24.5 Å². The summed E-state index contributed by atoms with van der Waals surface area (Å²) in [7, 11) is 0. The number of aryl methyl sites for hydroxylation is 2. The van der Waals surface area contributed by atoms with Gasteiger partial charge in [0.05, 0.1) is 6.61 Å². The Bertz CT molecular complexity index is 568. The highest BCUT2D eigenvalue weighted by Gasteiger charge is 2.14. The van der Waals surface area contributed by atoms with E-state index in [2.05, 4.69) is 43.9 Å². The lowest BCUT2D eigenvalue weighted by atomic mass is 9.99. The van der Waals surface area contributed by atoms with E-state index >= 15 is 0 Å². The maximum absolute atomic E-state index is 9.10. The van der Waals surface area contributed by atoms with Crippen molar-refractivity contribution in [3.63, 3.8) is 0 Å². The molecule has 0 aromatic heterocycles. The molecule has 2 rings (SSSR count). The Hall–Kier alpha value is -2.08. The summed E-state index contributed by atoms with van der Waals surface area (Å²) in [6.45, 7) is 11.3. The Morgan fingerprint density at radius 3 is 2.31 bits per heavy atom. The summed E-state index contributed by atoms with van der Waals surface area (Å²) < 4.78 is 5.91.